The molecule has 6 nitrogen and oxygen atoms in total. The lowest BCUT2D eigenvalue weighted by Crippen LogP contribution is -2.44. The summed E-state index contributed by atoms with van der Waals surface area (Å²) in [6.45, 7) is 2.64. The standard InChI is InChI=1S/C20H27F3N6/c1-14-27-28-18(29(14)2)13-25-19(26-17-6-4-3-5-7-17)24-12-15-8-10-16(11-9-15)20(21,22)23/h8-11,17H,3-7,12-13H2,1-2H3,(H2,24,25,26). The highest BCUT2D eigenvalue weighted by atomic mass is 19.4. The van der Waals surface area contributed by atoms with Gasteiger partial charge in [-0.15, -0.1) is 10.2 Å². The van der Waals surface area contributed by atoms with Crippen molar-refractivity contribution in [3.05, 3.63) is 47.0 Å². The van der Waals surface area contributed by atoms with Gasteiger partial charge in [0, 0.05) is 13.1 Å². The van der Waals surface area contributed by atoms with Gasteiger partial charge in [-0.05, 0) is 37.5 Å². The van der Waals surface area contributed by atoms with Gasteiger partial charge in [-0.3, -0.25) is 0 Å². The minimum Gasteiger partial charge on any atom is -0.354 e. The van der Waals surface area contributed by atoms with Crippen molar-refractivity contribution in [2.75, 3.05) is 0 Å². The molecule has 1 heterocycles. The van der Waals surface area contributed by atoms with Gasteiger partial charge in [0.05, 0.1) is 18.7 Å². The molecule has 0 amide bonds. The molecular formula is C20H27F3N6. The first-order valence-corrected chi connectivity index (χ1v) is 9.89. The van der Waals surface area contributed by atoms with Crippen LogP contribution in [0.25, 0.3) is 0 Å². The van der Waals surface area contributed by atoms with Gasteiger partial charge in [0.1, 0.15) is 5.82 Å². The Bertz CT molecular complexity index is 820. The Morgan fingerprint density at radius 2 is 1.83 bits per heavy atom. The molecule has 9 heteroatoms. The largest absolute Gasteiger partial charge is 0.416 e. The fraction of sp³-hybridized carbons (Fsp3) is 0.550. The molecule has 0 atom stereocenters. The summed E-state index contributed by atoms with van der Waals surface area (Å²) >= 11 is 0. The highest BCUT2D eigenvalue weighted by Gasteiger charge is 2.29. The van der Waals surface area contributed by atoms with E-state index in [2.05, 4.69) is 25.8 Å². The Morgan fingerprint density at radius 3 is 2.41 bits per heavy atom. The van der Waals surface area contributed by atoms with Crippen LogP contribution in [0, 0.1) is 6.92 Å². The fourth-order valence-corrected chi connectivity index (χ4v) is 3.33. The summed E-state index contributed by atoms with van der Waals surface area (Å²) in [4.78, 5) is 4.59. The lowest BCUT2D eigenvalue weighted by Gasteiger charge is -2.25. The Morgan fingerprint density at radius 1 is 1.14 bits per heavy atom. The first kappa shape index (κ1) is 21.1. The molecule has 29 heavy (non-hydrogen) atoms. The van der Waals surface area contributed by atoms with Crippen LogP contribution < -0.4 is 10.6 Å². The number of nitrogens with zero attached hydrogens (tertiary/aromatic N) is 4. The Hall–Kier alpha value is -2.58. The Labute approximate surface area is 168 Å². The number of rotatable bonds is 5. The van der Waals surface area contributed by atoms with Crippen LogP contribution >= 0.6 is 0 Å². The molecule has 1 aliphatic rings. The van der Waals surface area contributed by atoms with E-state index in [-0.39, 0.29) is 6.54 Å². The van der Waals surface area contributed by atoms with E-state index in [0.29, 0.717) is 18.5 Å². The predicted molar refractivity (Wildman–Crippen MR) is 105 cm³/mol. The molecule has 0 unspecified atom stereocenters. The van der Waals surface area contributed by atoms with Gasteiger partial charge in [0.15, 0.2) is 11.8 Å². The van der Waals surface area contributed by atoms with E-state index < -0.39 is 11.7 Å². The number of alkyl halides is 3. The number of benzene rings is 1. The minimum absolute atomic E-state index is 0.290. The summed E-state index contributed by atoms with van der Waals surface area (Å²) in [5.74, 6) is 2.25. The third-order valence-corrected chi connectivity index (χ3v) is 5.24. The SMILES string of the molecule is Cc1nnc(CNC(=NCc2ccc(C(F)(F)F)cc2)NC2CCCCC2)n1C. The zero-order chi connectivity index (χ0) is 20.9. The monoisotopic (exact) mass is 408 g/mol. The van der Waals surface area contributed by atoms with Crippen molar-refractivity contribution in [3.63, 3.8) is 0 Å². The molecule has 1 saturated carbocycles. The molecule has 0 bridgehead atoms. The van der Waals surface area contributed by atoms with Crippen LogP contribution in [0.2, 0.25) is 0 Å². The number of hydrogen-bond donors (Lipinski definition) is 2. The number of hydrogen-bond acceptors (Lipinski definition) is 3. The number of guanidine groups is 1. The van der Waals surface area contributed by atoms with Crippen LogP contribution in [0.4, 0.5) is 13.2 Å². The number of aryl methyl sites for hydroxylation is 1. The molecular weight excluding hydrogens is 381 g/mol. The van der Waals surface area contributed by atoms with Crippen LogP contribution in [0.15, 0.2) is 29.3 Å². The summed E-state index contributed by atoms with van der Waals surface area (Å²) in [6, 6.07) is 5.47. The third-order valence-electron chi connectivity index (χ3n) is 5.24. The molecule has 1 aromatic carbocycles. The average molecular weight is 408 g/mol. The van der Waals surface area contributed by atoms with Gasteiger partial charge in [-0.25, -0.2) is 4.99 Å². The van der Waals surface area contributed by atoms with Crippen molar-refractivity contribution >= 4 is 5.96 Å². The van der Waals surface area contributed by atoms with Crippen LogP contribution in [0.5, 0.6) is 0 Å². The molecule has 0 radical (unpaired) electrons. The fourth-order valence-electron chi connectivity index (χ4n) is 3.33. The van der Waals surface area contributed by atoms with E-state index in [0.717, 1.165) is 42.2 Å². The summed E-state index contributed by atoms with van der Waals surface area (Å²) in [6.07, 6.45) is 1.47. The van der Waals surface area contributed by atoms with Gasteiger partial charge >= 0.3 is 6.18 Å². The summed E-state index contributed by atoms with van der Waals surface area (Å²) < 4.78 is 40.1. The van der Waals surface area contributed by atoms with Crippen molar-refractivity contribution in [3.8, 4) is 0 Å². The molecule has 2 N–H and O–H groups in total. The summed E-state index contributed by atoms with van der Waals surface area (Å²) in [5.41, 5.74) is 0.0683. The first-order chi connectivity index (χ1) is 13.8. The first-order valence-electron chi connectivity index (χ1n) is 9.89. The second-order valence-electron chi connectivity index (χ2n) is 7.41. The van der Waals surface area contributed by atoms with Gasteiger partial charge < -0.3 is 15.2 Å². The predicted octanol–water partition coefficient (Wildman–Crippen LogP) is 3.71. The number of nitrogens with one attached hydrogen (secondary N) is 2. The molecule has 158 valence electrons. The molecule has 1 fully saturated rings. The van der Waals surface area contributed by atoms with Gasteiger partial charge in [0.2, 0.25) is 0 Å². The van der Waals surface area contributed by atoms with Crippen molar-refractivity contribution in [1.29, 1.82) is 0 Å². The zero-order valence-electron chi connectivity index (χ0n) is 16.8. The third kappa shape index (κ3) is 5.95. The lowest BCUT2D eigenvalue weighted by atomic mass is 9.96. The Kier molecular flexibility index (Phi) is 6.76. The zero-order valence-corrected chi connectivity index (χ0v) is 16.8. The highest BCUT2D eigenvalue weighted by Crippen LogP contribution is 2.29. The lowest BCUT2D eigenvalue weighted by molar-refractivity contribution is -0.137. The molecule has 0 saturated heterocycles. The minimum atomic E-state index is -4.33. The molecule has 0 aliphatic heterocycles. The average Bonchev–Trinajstić information content (AvgIpc) is 3.02. The number of halogens is 3. The molecule has 1 aliphatic carbocycles. The molecule has 1 aromatic heterocycles. The number of aromatic nitrogens is 3. The van der Waals surface area contributed by atoms with Crippen molar-refractivity contribution < 1.29 is 13.2 Å². The van der Waals surface area contributed by atoms with E-state index in [1.54, 1.807) is 0 Å². The van der Waals surface area contributed by atoms with E-state index >= 15 is 0 Å². The van der Waals surface area contributed by atoms with Gasteiger partial charge in [-0.1, -0.05) is 31.4 Å². The van der Waals surface area contributed by atoms with Crippen LogP contribution in [0.3, 0.4) is 0 Å². The van der Waals surface area contributed by atoms with Gasteiger partial charge in [-0.2, -0.15) is 13.2 Å². The van der Waals surface area contributed by atoms with E-state index in [1.807, 2.05) is 18.5 Å². The maximum atomic E-state index is 12.7. The van der Waals surface area contributed by atoms with Crippen molar-refractivity contribution in [2.45, 2.75) is 64.3 Å². The molecule has 0 spiro atoms. The number of aliphatic imine (C=N–C) groups is 1. The topological polar surface area (TPSA) is 67.1 Å². The van der Waals surface area contributed by atoms with Crippen LogP contribution in [-0.4, -0.2) is 26.8 Å². The summed E-state index contributed by atoms with van der Waals surface area (Å²) in [5, 5.41) is 14.9. The van der Waals surface area contributed by atoms with E-state index in [1.165, 1.54) is 31.4 Å². The smallest absolute Gasteiger partial charge is 0.354 e. The van der Waals surface area contributed by atoms with Gasteiger partial charge in [0.25, 0.3) is 0 Å². The van der Waals surface area contributed by atoms with E-state index in [9.17, 15) is 13.2 Å². The summed E-state index contributed by atoms with van der Waals surface area (Å²) in [7, 11) is 1.90. The van der Waals surface area contributed by atoms with Crippen LogP contribution in [-0.2, 0) is 26.3 Å². The normalized spacial score (nSPS) is 16.1. The maximum Gasteiger partial charge on any atom is 0.416 e. The second-order valence-corrected chi connectivity index (χ2v) is 7.41. The highest BCUT2D eigenvalue weighted by molar-refractivity contribution is 5.80. The molecule has 3 rings (SSSR count). The van der Waals surface area contributed by atoms with Crippen molar-refractivity contribution in [2.24, 2.45) is 12.0 Å². The Balaban J connectivity index is 1.68. The second kappa shape index (κ2) is 9.28. The van der Waals surface area contributed by atoms with Crippen molar-refractivity contribution in [1.82, 2.24) is 25.4 Å². The maximum absolute atomic E-state index is 12.7. The quantitative estimate of drug-likeness (QED) is 0.585. The van der Waals surface area contributed by atoms with E-state index in [4.69, 9.17) is 0 Å². The van der Waals surface area contributed by atoms with Crippen LogP contribution in [0.1, 0.15) is 54.9 Å². The molecule has 2 aromatic rings.